The molecule has 142 valence electrons. The largest absolute Gasteiger partial charge is 0.342 e. The molecule has 0 spiro atoms. The maximum absolute atomic E-state index is 12.6. The summed E-state index contributed by atoms with van der Waals surface area (Å²) in [5, 5.41) is 5.32. The Morgan fingerprint density at radius 2 is 1.69 bits per heavy atom. The average molecular weight is 419 g/mol. The van der Waals surface area contributed by atoms with Crippen molar-refractivity contribution < 1.29 is 4.79 Å². The standard InChI is InChI=1S/C24H16Cl2N2O/c25-17-7-5-15(6-8-17)13-28-14-16(19-3-1-2-4-23(19)28)11-21-20-10-9-18(26)12-22(20)27-24(21)29/h1-12,14H,13H2,(H,27,29)/b21-11+. The molecule has 2 heterocycles. The van der Waals surface area contributed by atoms with E-state index in [0.29, 0.717) is 10.6 Å². The van der Waals surface area contributed by atoms with Crippen LogP contribution in [-0.2, 0) is 11.3 Å². The second-order valence-electron chi connectivity index (χ2n) is 7.06. The van der Waals surface area contributed by atoms with Gasteiger partial charge in [-0.15, -0.1) is 0 Å². The minimum absolute atomic E-state index is 0.114. The molecule has 0 aliphatic carbocycles. The summed E-state index contributed by atoms with van der Waals surface area (Å²) in [7, 11) is 0. The Kier molecular flexibility index (Phi) is 4.42. The summed E-state index contributed by atoms with van der Waals surface area (Å²) in [5.74, 6) is -0.114. The van der Waals surface area contributed by atoms with Crippen molar-refractivity contribution in [1.82, 2.24) is 4.57 Å². The summed E-state index contributed by atoms with van der Waals surface area (Å²) in [6, 6.07) is 21.5. The van der Waals surface area contributed by atoms with E-state index < -0.39 is 0 Å². The predicted octanol–water partition coefficient (Wildman–Crippen LogP) is 6.49. The van der Waals surface area contributed by atoms with E-state index in [0.717, 1.165) is 44.8 Å². The lowest BCUT2D eigenvalue weighted by molar-refractivity contribution is -0.110. The summed E-state index contributed by atoms with van der Waals surface area (Å²) in [5.41, 5.74) is 5.54. The Morgan fingerprint density at radius 3 is 2.52 bits per heavy atom. The first-order valence-electron chi connectivity index (χ1n) is 9.24. The van der Waals surface area contributed by atoms with Gasteiger partial charge in [-0.1, -0.05) is 59.6 Å². The Hall–Kier alpha value is -3.01. The number of para-hydroxylation sites is 1. The number of hydrogen-bond donors (Lipinski definition) is 1. The topological polar surface area (TPSA) is 34.0 Å². The van der Waals surface area contributed by atoms with Crippen LogP contribution in [0, 0.1) is 0 Å². The molecule has 0 atom stereocenters. The summed E-state index contributed by atoms with van der Waals surface area (Å²) in [4.78, 5) is 12.6. The van der Waals surface area contributed by atoms with E-state index in [1.54, 1.807) is 12.1 Å². The third-order valence-corrected chi connectivity index (χ3v) is 5.64. The molecule has 4 aromatic rings. The number of aromatic nitrogens is 1. The molecule has 1 aliphatic rings. The van der Waals surface area contributed by atoms with Crippen LogP contribution in [0.5, 0.6) is 0 Å². The van der Waals surface area contributed by atoms with Gasteiger partial charge in [-0.05, 0) is 42.0 Å². The van der Waals surface area contributed by atoms with Crippen molar-refractivity contribution >= 4 is 57.3 Å². The predicted molar refractivity (Wildman–Crippen MR) is 120 cm³/mol. The normalized spacial score (nSPS) is 14.4. The zero-order valence-corrected chi connectivity index (χ0v) is 16.8. The number of rotatable bonds is 3. The third-order valence-electron chi connectivity index (χ3n) is 5.15. The van der Waals surface area contributed by atoms with Crippen LogP contribution in [0.2, 0.25) is 10.0 Å². The van der Waals surface area contributed by atoms with E-state index in [-0.39, 0.29) is 5.91 Å². The van der Waals surface area contributed by atoms with Crippen LogP contribution in [0.3, 0.4) is 0 Å². The van der Waals surface area contributed by atoms with Gasteiger partial charge in [0.25, 0.3) is 5.91 Å². The first kappa shape index (κ1) is 18.0. The summed E-state index contributed by atoms with van der Waals surface area (Å²) in [6.45, 7) is 0.721. The maximum Gasteiger partial charge on any atom is 0.256 e. The van der Waals surface area contributed by atoms with Crippen LogP contribution < -0.4 is 5.32 Å². The first-order valence-corrected chi connectivity index (χ1v) is 9.99. The second kappa shape index (κ2) is 7.11. The summed E-state index contributed by atoms with van der Waals surface area (Å²) in [6.07, 6.45) is 4.04. The van der Waals surface area contributed by atoms with Gasteiger partial charge in [0.05, 0.1) is 5.69 Å². The Morgan fingerprint density at radius 1 is 0.931 bits per heavy atom. The molecule has 5 heteroatoms. The number of hydrogen-bond acceptors (Lipinski definition) is 1. The highest BCUT2D eigenvalue weighted by molar-refractivity contribution is 6.37. The van der Waals surface area contributed by atoms with Gasteiger partial charge in [0.15, 0.2) is 0 Å². The molecule has 3 aromatic carbocycles. The van der Waals surface area contributed by atoms with Gasteiger partial charge in [-0.2, -0.15) is 0 Å². The number of amides is 1. The highest BCUT2D eigenvalue weighted by Gasteiger charge is 2.24. The number of carbonyl (C=O) groups is 1. The molecule has 1 aromatic heterocycles. The molecule has 1 amide bonds. The van der Waals surface area contributed by atoms with E-state index in [1.165, 1.54) is 0 Å². The van der Waals surface area contributed by atoms with Gasteiger partial charge < -0.3 is 9.88 Å². The average Bonchev–Trinajstić information content (AvgIpc) is 3.21. The van der Waals surface area contributed by atoms with Gasteiger partial charge in [0.2, 0.25) is 0 Å². The van der Waals surface area contributed by atoms with E-state index in [9.17, 15) is 4.79 Å². The van der Waals surface area contributed by atoms with Gasteiger partial charge in [0, 0.05) is 50.4 Å². The number of anilines is 1. The molecular weight excluding hydrogens is 403 g/mol. The number of fused-ring (bicyclic) bond motifs is 2. The lowest BCUT2D eigenvalue weighted by Crippen LogP contribution is -2.03. The monoisotopic (exact) mass is 418 g/mol. The molecule has 0 saturated carbocycles. The number of carbonyl (C=O) groups excluding carboxylic acids is 1. The van der Waals surface area contributed by atoms with Gasteiger partial charge >= 0.3 is 0 Å². The van der Waals surface area contributed by atoms with Gasteiger partial charge in [0.1, 0.15) is 0 Å². The van der Waals surface area contributed by atoms with Crippen molar-refractivity contribution in [3.05, 3.63) is 99.7 Å². The van der Waals surface area contributed by atoms with Crippen molar-refractivity contribution in [3.8, 4) is 0 Å². The molecule has 0 radical (unpaired) electrons. The molecule has 29 heavy (non-hydrogen) atoms. The summed E-state index contributed by atoms with van der Waals surface area (Å²) < 4.78 is 2.20. The van der Waals surface area contributed by atoms with Crippen molar-refractivity contribution in [2.24, 2.45) is 0 Å². The fraction of sp³-hybridized carbons (Fsp3) is 0.0417. The molecule has 0 fully saturated rings. The highest BCUT2D eigenvalue weighted by Crippen LogP contribution is 2.36. The lowest BCUT2D eigenvalue weighted by atomic mass is 10.0. The molecule has 1 N–H and O–H groups in total. The number of benzene rings is 3. The molecule has 0 bridgehead atoms. The van der Waals surface area contributed by atoms with E-state index in [2.05, 4.69) is 28.2 Å². The first-order chi connectivity index (χ1) is 14.1. The fourth-order valence-electron chi connectivity index (χ4n) is 3.77. The van der Waals surface area contributed by atoms with Crippen LogP contribution in [0.1, 0.15) is 16.7 Å². The Balaban J connectivity index is 1.61. The number of halogens is 2. The van der Waals surface area contributed by atoms with Crippen LogP contribution in [0.4, 0.5) is 5.69 Å². The van der Waals surface area contributed by atoms with E-state index in [4.69, 9.17) is 23.2 Å². The molecule has 3 nitrogen and oxygen atoms in total. The molecule has 1 aliphatic heterocycles. The number of nitrogens with one attached hydrogen (secondary N) is 1. The lowest BCUT2D eigenvalue weighted by Gasteiger charge is -2.05. The van der Waals surface area contributed by atoms with Gasteiger partial charge in [-0.3, -0.25) is 4.79 Å². The molecule has 0 unspecified atom stereocenters. The quantitative estimate of drug-likeness (QED) is 0.379. The fourth-order valence-corrected chi connectivity index (χ4v) is 4.07. The highest BCUT2D eigenvalue weighted by atomic mass is 35.5. The zero-order valence-electron chi connectivity index (χ0n) is 15.3. The van der Waals surface area contributed by atoms with Crippen LogP contribution in [0.25, 0.3) is 22.6 Å². The minimum Gasteiger partial charge on any atom is -0.342 e. The maximum atomic E-state index is 12.6. The van der Waals surface area contributed by atoms with E-state index >= 15 is 0 Å². The molecule has 0 saturated heterocycles. The Bertz CT molecular complexity index is 1290. The second-order valence-corrected chi connectivity index (χ2v) is 7.93. The van der Waals surface area contributed by atoms with Crippen LogP contribution in [-0.4, -0.2) is 10.5 Å². The SMILES string of the molecule is O=C1Nc2cc(Cl)ccc2/C1=C\c1cn(Cc2ccc(Cl)cc2)c2ccccc12. The van der Waals surface area contributed by atoms with Gasteiger partial charge in [-0.25, -0.2) is 0 Å². The van der Waals surface area contributed by atoms with E-state index in [1.807, 2.05) is 48.5 Å². The minimum atomic E-state index is -0.114. The van der Waals surface area contributed by atoms with Crippen molar-refractivity contribution in [2.45, 2.75) is 6.54 Å². The smallest absolute Gasteiger partial charge is 0.256 e. The van der Waals surface area contributed by atoms with Crippen molar-refractivity contribution in [2.75, 3.05) is 5.32 Å². The van der Waals surface area contributed by atoms with Crippen LogP contribution in [0.15, 0.2) is 72.9 Å². The molecule has 5 rings (SSSR count). The molecular formula is C24H16Cl2N2O. The van der Waals surface area contributed by atoms with Crippen LogP contribution >= 0.6 is 23.2 Å². The number of nitrogens with zero attached hydrogens (tertiary/aromatic N) is 1. The van der Waals surface area contributed by atoms with Crippen molar-refractivity contribution in [1.29, 1.82) is 0 Å². The Labute approximate surface area is 178 Å². The zero-order chi connectivity index (χ0) is 20.0. The van der Waals surface area contributed by atoms with Crippen molar-refractivity contribution in [3.63, 3.8) is 0 Å². The summed E-state index contributed by atoms with van der Waals surface area (Å²) >= 11 is 12.1. The third kappa shape index (κ3) is 3.33.